The lowest BCUT2D eigenvalue weighted by atomic mass is 10.1. The van der Waals surface area contributed by atoms with Gasteiger partial charge in [0.15, 0.2) is 17.0 Å². The van der Waals surface area contributed by atoms with Gasteiger partial charge < -0.3 is 14.5 Å². The number of hydrogen-bond acceptors (Lipinski definition) is 6. The van der Waals surface area contributed by atoms with Crippen LogP contribution in [0.25, 0.3) is 11.2 Å². The molecule has 0 amide bonds. The summed E-state index contributed by atoms with van der Waals surface area (Å²) in [6.45, 7) is 5.91. The van der Waals surface area contributed by atoms with E-state index in [1.54, 1.807) is 19.6 Å². The van der Waals surface area contributed by atoms with Crippen molar-refractivity contribution in [3.63, 3.8) is 0 Å². The summed E-state index contributed by atoms with van der Waals surface area (Å²) in [5.74, 6) is 1.43. The zero-order chi connectivity index (χ0) is 16.0. The largest absolute Gasteiger partial charge is 0.350 e. The van der Waals surface area contributed by atoms with E-state index in [1.165, 1.54) is 0 Å². The first-order chi connectivity index (χ1) is 11.2. The molecule has 118 valence electrons. The summed E-state index contributed by atoms with van der Waals surface area (Å²) < 4.78 is 1.98. The Morgan fingerprint density at radius 2 is 2.17 bits per heavy atom. The van der Waals surface area contributed by atoms with Gasteiger partial charge in [-0.25, -0.2) is 19.9 Å². The second kappa shape index (κ2) is 5.15. The third kappa shape index (κ3) is 2.18. The average molecular weight is 311 g/mol. The number of imidazole rings is 1. The molecule has 0 aliphatic carbocycles. The van der Waals surface area contributed by atoms with Gasteiger partial charge in [-0.05, 0) is 13.8 Å². The predicted molar refractivity (Wildman–Crippen MR) is 85.3 cm³/mol. The minimum absolute atomic E-state index is 0.0680. The van der Waals surface area contributed by atoms with Crippen LogP contribution in [0.1, 0.15) is 24.0 Å². The third-order valence-corrected chi connectivity index (χ3v) is 4.21. The van der Waals surface area contributed by atoms with Crippen molar-refractivity contribution >= 4 is 17.0 Å². The van der Waals surface area contributed by atoms with Gasteiger partial charge >= 0.3 is 0 Å². The summed E-state index contributed by atoms with van der Waals surface area (Å²) in [5, 5.41) is 0. The van der Waals surface area contributed by atoms with Crippen LogP contribution in [-0.4, -0.2) is 36.0 Å². The van der Waals surface area contributed by atoms with Crippen molar-refractivity contribution in [3.05, 3.63) is 40.1 Å². The summed E-state index contributed by atoms with van der Waals surface area (Å²) in [6.07, 6.45) is 4.05. The van der Waals surface area contributed by atoms with Gasteiger partial charge in [0, 0.05) is 19.5 Å². The molecular weight excluding hydrogens is 294 g/mol. The van der Waals surface area contributed by atoms with Crippen molar-refractivity contribution < 1.29 is 0 Å². The molecule has 0 aromatic carbocycles. The summed E-state index contributed by atoms with van der Waals surface area (Å²) >= 11 is 0. The summed E-state index contributed by atoms with van der Waals surface area (Å²) in [7, 11) is 0. The van der Waals surface area contributed by atoms with Crippen molar-refractivity contribution in [2.24, 2.45) is 0 Å². The number of aromatic amines is 1. The van der Waals surface area contributed by atoms with Crippen LogP contribution in [0.15, 0.2) is 17.4 Å². The van der Waals surface area contributed by atoms with Crippen LogP contribution in [0.2, 0.25) is 0 Å². The van der Waals surface area contributed by atoms with Crippen molar-refractivity contribution in [2.45, 2.75) is 33.4 Å². The Morgan fingerprint density at radius 3 is 3.00 bits per heavy atom. The topological polar surface area (TPSA) is 92.6 Å². The van der Waals surface area contributed by atoms with Gasteiger partial charge in [-0.3, -0.25) is 4.79 Å². The second-order valence-electron chi connectivity index (χ2n) is 5.65. The fraction of sp³-hybridized carbons (Fsp3) is 0.400. The van der Waals surface area contributed by atoms with Crippen LogP contribution in [-0.2, 0) is 19.5 Å². The molecule has 23 heavy (non-hydrogen) atoms. The van der Waals surface area contributed by atoms with Crippen LogP contribution < -0.4 is 10.5 Å². The molecule has 0 atom stereocenters. The SMILES string of the molecule is CCn1cnc2c(N3CCc4nc(C)[nH]c(=O)c4C3)ncnc21. The molecular formula is C15H17N7O. The standard InChI is InChI=1S/C15H17N7O/c1-3-21-8-18-12-13(21)16-7-17-14(12)22-5-4-11-10(6-22)15(23)20-9(2)19-11/h7-8H,3-6H2,1-2H3,(H,19,20,23). The monoisotopic (exact) mass is 311 g/mol. The molecule has 1 aliphatic heterocycles. The Hall–Kier alpha value is -2.77. The highest BCUT2D eigenvalue weighted by atomic mass is 16.1. The Labute approximate surface area is 132 Å². The number of hydrogen-bond donors (Lipinski definition) is 1. The molecule has 1 aliphatic rings. The quantitative estimate of drug-likeness (QED) is 0.752. The number of nitrogens with zero attached hydrogens (tertiary/aromatic N) is 6. The minimum atomic E-state index is -0.0680. The molecule has 8 nitrogen and oxygen atoms in total. The van der Waals surface area contributed by atoms with E-state index in [9.17, 15) is 4.79 Å². The van der Waals surface area contributed by atoms with Gasteiger partial charge in [-0.2, -0.15) is 0 Å². The maximum atomic E-state index is 12.2. The van der Waals surface area contributed by atoms with Gasteiger partial charge in [-0.1, -0.05) is 0 Å². The van der Waals surface area contributed by atoms with Gasteiger partial charge in [-0.15, -0.1) is 0 Å². The molecule has 1 N–H and O–H groups in total. The molecule has 0 unspecified atom stereocenters. The van der Waals surface area contributed by atoms with Crippen molar-refractivity contribution in [2.75, 3.05) is 11.4 Å². The molecule has 0 spiro atoms. The zero-order valence-electron chi connectivity index (χ0n) is 13.1. The number of anilines is 1. The number of fused-ring (bicyclic) bond motifs is 2. The Bertz CT molecular complexity index is 943. The molecule has 0 bridgehead atoms. The lowest BCUT2D eigenvalue weighted by Crippen LogP contribution is -2.36. The predicted octanol–water partition coefficient (Wildman–Crippen LogP) is 0.801. The van der Waals surface area contributed by atoms with E-state index in [0.717, 1.165) is 42.2 Å². The van der Waals surface area contributed by atoms with Gasteiger partial charge in [0.1, 0.15) is 12.2 Å². The maximum absolute atomic E-state index is 12.2. The zero-order valence-corrected chi connectivity index (χ0v) is 13.1. The molecule has 0 saturated heterocycles. The van der Waals surface area contributed by atoms with Crippen LogP contribution in [0.5, 0.6) is 0 Å². The Morgan fingerprint density at radius 1 is 1.30 bits per heavy atom. The van der Waals surface area contributed by atoms with E-state index in [-0.39, 0.29) is 5.56 Å². The fourth-order valence-corrected chi connectivity index (χ4v) is 3.06. The average Bonchev–Trinajstić information content (AvgIpc) is 2.97. The van der Waals surface area contributed by atoms with Gasteiger partial charge in [0.05, 0.1) is 24.1 Å². The van der Waals surface area contributed by atoms with E-state index < -0.39 is 0 Å². The van der Waals surface area contributed by atoms with E-state index >= 15 is 0 Å². The molecule has 8 heteroatoms. The van der Waals surface area contributed by atoms with E-state index in [0.29, 0.717) is 17.9 Å². The molecule has 3 aromatic heterocycles. The van der Waals surface area contributed by atoms with Crippen molar-refractivity contribution in [1.29, 1.82) is 0 Å². The molecule has 0 fully saturated rings. The van der Waals surface area contributed by atoms with Crippen molar-refractivity contribution in [3.8, 4) is 0 Å². The normalized spacial score (nSPS) is 14.3. The van der Waals surface area contributed by atoms with Crippen LogP contribution in [0.4, 0.5) is 5.82 Å². The van der Waals surface area contributed by atoms with Crippen LogP contribution in [0.3, 0.4) is 0 Å². The molecule has 0 radical (unpaired) electrons. The molecule has 0 saturated carbocycles. The number of aryl methyl sites for hydroxylation is 2. The maximum Gasteiger partial charge on any atom is 0.256 e. The summed E-state index contributed by atoms with van der Waals surface area (Å²) in [4.78, 5) is 34.7. The Kier molecular flexibility index (Phi) is 3.10. The molecule has 3 aromatic rings. The first-order valence-corrected chi connectivity index (χ1v) is 7.67. The highest BCUT2D eigenvalue weighted by Crippen LogP contribution is 2.25. The first-order valence-electron chi connectivity index (χ1n) is 7.67. The van der Waals surface area contributed by atoms with Gasteiger partial charge in [0.2, 0.25) is 0 Å². The highest BCUT2D eigenvalue weighted by Gasteiger charge is 2.24. The fourth-order valence-electron chi connectivity index (χ4n) is 3.06. The van der Waals surface area contributed by atoms with Crippen LogP contribution in [0, 0.1) is 6.92 Å². The number of H-pyrrole nitrogens is 1. The Balaban J connectivity index is 1.78. The number of aromatic nitrogens is 6. The third-order valence-electron chi connectivity index (χ3n) is 4.21. The molecule has 4 heterocycles. The van der Waals surface area contributed by atoms with E-state index in [1.807, 2.05) is 11.5 Å². The van der Waals surface area contributed by atoms with Crippen LogP contribution >= 0.6 is 0 Å². The lowest BCUT2D eigenvalue weighted by Gasteiger charge is -2.28. The van der Waals surface area contributed by atoms with E-state index in [4.69, 9.17) is 0 Å². The second-order valence-corrected chi connectivity index (χ2v) is 5.65. The summed E-state index contributed by atoms with van der Waals surface area (Å²) in [6, 6.07) is 0. The first kappa shape index (κ1) is 13.9. The molecule has 4 rings (SSSR count). The highest BCUT2D eigenvalue weighted by molar-refractivity contribution is 5.83. The van der Waals surface area contributed by atoms with Crippen molar-refractivity contribution in [1.82, 2.24) is 29.5 Å². The number of rotatable bonds is 2. The summed E-state index contributed by atoms with van der Waals surface area (Å²) in [5.41, 5.74) is 3.12. The smallest absolute Gasteiger partial charge is 0.256 e. The number of nitrogens with one attached hydrogen (secondary N) is 1. The van der Waals surface area contributed by atoms with Gasteiger partial charge in [0.25, 0.3) is 5.56 Å². The lowest BCUT2D eigenvalue weighted by molar-refractivity contribution is 0.684. The van der Waals surface area contributed by atoms with E-state index in [2.05, 4.69) is 29.8 Å². The minimum Gasteiger partial charge on any atom is -0.350 e.